The normalized spacial score (nSPS) is 15.9. The van der Waals surface area contributed by atoms with E-state index in [2.05, 4.69) is 36.9 Å². The van der Waals surface area contributed by atoms with Crippen molar-refractivity contribution in [2.75, 3.05) is 6.26 Å². The number of carbonyl (C=O) groups is 1. The number of aromatic nitrogens is 1. The highest BCUT2D eigenvalue weighted by molar-refractivity contribution is 9.11. The quantitative estimate of drug-likeness (QED) is 0.310. The minimum Gasteiger partial charge on any atom is -0.506 e. The largest absolute Gasteiger partial charge is 0.506 e. The number of halogens is 2. The first-order chi connectivity index (χ1) is 16.6. The Balaban J connectivity index is 1.96. The lowest BCUT2D eigenvalue weighted by atomic mass is 9.96. The van der Waals surface area contributed by atoms with Crippen LogP contribution in [-0.2, 0) is 9.53 Å². The van der Waals surface area contributed by atoms with Gasteiger partial charge in [-0.25, -0.2) is 9.79 Å². The van der Waals surface area contributed by atoms with Crippen molar-refractivity contribution < 1.29 is 14.6 Å². The number of benzene rings is 2. The van der Waals surface area contributed by atoms with Gasteiger partial charge in [0.05, 0.1) is 32.4 Å². The Kier molecular flexibility index (Phi) is 7.75. The summed E-state index contributed by atoms with van der Waals surface area (Å²) in [5.74, 6) is -0.469. The number of allylic oxidation sites excluding steroid dienone is 1. The summed E-state index contributed by atoms with van der Waals surface area (Å²) in [4.78, 5) is 33.0. The van der Waals surface area contributed by atoms with Crippen LogP contribution in [0.25, 0.3) is 6.08 Å². The van der Waals surface area contributed by atoms with E-state index >= 15 is 0 Å². The van der Waals surface area contributed by atoms with Gasteiger partial charge in [-0.15, -0.1) is 11.8 Å². The molecule has 0 radical (unpaired) electrons. The van der Waals surface area contributed by atoms with Gasteiger partial charge in [-0.3, -0.25) is 9.36 Å². The molecule has 0 saturated heterocycles. The molecule has 1 N–H and O–H groups in total. The van der Waals surface area contributed by atoms with E-state index in [-0.39, 0.29) is 17.4 Å². The van der Waals surface area contributed by atoms with Crippen LogP contribution in [0.15, 0.2) is 71.3 Å². The second-order valence-electron chi connectivity index (χ2n) is 8.13. The molecule has 0 amide bonds. The van der Waals surface area contributed by atoms with Crippen LogP contribution in [0.5, 0.6) is 5.75 Å². The van der Waals surface area contributed by atoms with Crippen LogP contribution in [0.3, 0.4) is 0 Å². The number of hydrogen-bond donors (Lipinski definition) is 1. The fraction of sp³-hybridized carbons (Fsp3) is 0.240. The summed E-state index contributed by atoms with van der Waals surface area (Å²) in [6.45, 7) is 5.33. The van der Waals surface area contributed by atoms with Crippen LogP contribution in [-0.4, -0.2) is 28.0 Å². The van der Waals surface area contributed by atoms with Gasteiger partial charge in [0, 0.05) is 14.9 Å². The number of carbonyl (C=O) groups excluding carboxylic acids is 1. The monoisotopic (exact) mass is 636 g/mol. The summed E-state index contributed by atoms with van der Waals surface area (Å²) in [5.41, 5.74) is 1.81. The standard InChI is InChI=1S/C25H22Br2N2O4S2/c1-12(2)33-24(32)20-13(3)28-25-29(21(20)14-5-7-17(34-4)8-6-14)23(31)19(35-25)10-15-9-16(26)11-18(27)22(15)30/h5-12,21,30H,1-4H3/b19-10-/t21-/m0/s1. The lowest BCUT2D eigenvalue weighted by Gasteiger charge is -2.25. The van der Waals surface area contributed by atoms with Gasteiger partial charge >= 0.3 is 5.97 Å². The van der Waals surface area contributed by atoms with Crippen molar-refractivity contribution in [1.29, 1.82) is 0 Å². The zero-order valence-corrected chi connectivity index (χ0v) is 24.1. The molecule has 10 heteroatoms. The van der Waals surface area contributed by atoms with E-state index in [9.17, 15) is 14.7 Å². The van der Waals surface area contributed by atoms with Gasteiger partial charge in [0.2, 0.25) is 0 Å². The number of hydrogen-bond acceptors (Lipinski definition) is 7. The lowest BCUT2D eigenvalue weighted by molar-refractivity contribution is -0.143. The Morgan fingerprint density at radius 1 is 1.26 bits per heavy atom. The summed E-state index contributed by atoms with van der Waals surface area (Å²) >= 11 is 9.57. The predicted molar refractivity (Wildman–Crippen MR) is 147 cm³/mol. The van der Waals surface area contributed by atoms with E-state index in [1.807, 2.05) is 30.5 Å². The van der Waals surface area contributed by atoms with Gasteiger partial charge in [0.25, 0.3) is 5.56 Å². The first kappa shape index (κ1) is 25.9. The maximum atomic E-state index is 13.7. The molecule has 6 nitrogen and oxygen atoms in total. The van der Waals surface area contributed by atoms with Gasteiger partial charge in [0.1, 0.15) is 5.75 Å². The maximum absolute atomic E-state index is 13.7. The molecule has 0 unspecified atom stereocenters. The zero-order chi connectivity index (χ0) is 25.4. The van der Waals surface area contributed by atoms with Crippen molar-refractivity contribution in [3.05, 3.63) is 87.4 Å². The number of thiazole rings is 1. The summed E-state index contributed by atoms with van der Waals surface area (Å²) in [6.07, 6.45) is 3.31. The molecule has 4 rings (SSSR count). The number of rotatable bonds is 5. The Morgan fingerprint density at radius 3 is 2.57 bits per heavy atom. The second kappa shape index (κ2) is 10.5. The first-order valence-corrected chi connectivity index (χ1v) is 14.3. The number of aromatic hydroxyl groups is 1. The topological polar surface area (TPSA) is 80.9 Å². The van der Waals surface area contributed by atoms with Crippen LogP contribution in [0.2, 0.25) is 0 Å². The minimum atomic E-state index is -0.682. The number of phenolic OH excluding ortho intramolecular Hbond substituents is 1. The molecule has 35 heavy (non-hydrogen) atoms. The first-order valence-electron chi connectivity index (χ1n) is 10.7. The van der Waals surface area contributed by atoms with Crippen LogP contribution in [0.1, 0.15) is 37.9 Å². The van der Waals surface area contributed by atoms with E-state index in [1.165, 1.54) is 11.3 Å². The van der Waals surface area contributed by atoms with Crippen LogP contribution in [0, 0.1) is 0 Å². The van der Waals surface area contributed by atoms with Gasteiger partial charge < -0.3 is 9.84 Å². The number of nitrogens with zero attached hydrogens (tertiary/aromatic N) is 2. The molecule has 0 fully saturated rings. The smallest absolute Gasteiger partial charge is 0.338 e. The number of phenols is 1. The van der Waals surface area contributed by atoms with Gasteiger partial charge in [0.15, 0.2) is 4.80 Å². The highest BCUT2D eigenvalue weighted by Gasteiger charge is 2.33. The number of esters is 1. The van der Waals surface area contributed by atoms with E-state index in [4.69, 9.17) is 4.74 Å². The van der Waals surface area contributed by atoms with Crippen molar-refractivity contribution in [2.24, 2.45) is 4.99 Å². The third-order valence-corrected chi connectivity index (χ3v) is 8.15. The zero-order valence-electron chi connectivity index (χ0n) is 19.3. The average molecular weight is 638 g/mol. The molecular formula is C25H22Br2N2O4S2. The van der Waals surface area contributed by atoms with Crippen LogP contribution >= 0.6 is 55.0 Å². The molecule has 182 valence electrons. The fourth-order valence-electron chi connectivity index (χ4n) is 3.80. The fourth-order valence-corrected chi connectivity index (χ4v) is 6.50. The SMILES string of the molecule is CSc1ccc([C@H]2C(C(=O)OC(C)C)=C(C)N=c3s/c(=C\c4cc(Br)cc(Br)c4O)c(=O)n32)cc1. The summed E-state index contributed by atoms with van der Waals surface area (Å²) in [5, 5.41) is 10.5. The molecule has 1 aliphatic rings. The third kappa shape index (κ3) is 5.21. The molecule has 2 aromatic carbocycles. The van der Waals surface area contributed by atoms with Gasteiger partial charge in [-0.2, -0.15) is 0 Å². The average Bonchev–Trinajstić information content (AvgIpc) is 3.10. The molecular weight excluding hydrogens is 616 g/mol. The molecule has 3 aromatic rings. The highest BCUT2D eigenvalue weighted by Crippen LogP contribution is 2.33. The summed E-state index contributed by atoms with van der Waals surface area (Å²) < 4.78 is 8.72. The van der Waals surface area contributed by atoms with E-state index in [0.29, 0.717) is 30.6 Å². The van der Waals surface area contributed by atoms with Crippen LogP contribution in [0.4, 0.5) is 0 Å². The van der Waals surface area contributed by atoms with Gasteiger partial charge in [-0.1, -0.05) is 39.4 Å². The molecule has 0 spiro atoms. The van der Waals surface area contributed by atoms with Crippen molar-refractivity contribution in [3.63, 3.8) is 0 Å². The Bertz CT molecular complexity index is 1520. The molecule has 0 aliphatic carbocycles. The minimum absolute atomic E-state index is 0.0284. The Hall–Kier alpha value is -2.14. The molecule has 1 atom stereocenters. The van der Waals surface area contributed by atoms with Crippen molar-refractivity contribution in [2.45, 2.75) is 37.8 Å². The predicted octanol–water partition coefficient (Wildman–Crippen LogP) is 5.14. The highest BCUT2D eigenvalue weighted by atomic mass is 79.9. The van der Waals surface area contributed by atoms with E-state index in [1.54, 1.807) is 55.3 Å². The second-order valence-corrected chi connectivity index (χ2v) is 11.8. The lowest BCUT2D eigenvalue weighted by Crippen LogP contribution is -2.40. The van der Waals surface area contributed by atoms with Crippen molar-refractivity contribution in [1.82, 2.24) is 4.57 Å². The number of fused-ring (bicyclic) bond motifs is 1. The van der Waals surface area contributed by atoms with Crippen LogP contribution < -0.4 is 14.9 Å². The van der Waals surface area contributed by atoms with E-state index in [0.717, 1.165) is 14.9 Å². The molecule has 0 bridgehead atoms. The Morgan fingerprint density at radius 2 is 1.94 bits per heavy atom. The number of ether oxygens (including phenoxy) is 1. The van der Waals surface area contributed by atoms with Crippen molar-refractivity contribution in [3.8, 4) is 5.75 Å². The van der Waals surface area contributed by atoms with E-state index < -0.39 is 12.0 Å². The van der Waals surface area contributed by atoms with Gasteiger partial charge in [-0.05, 0) is 78.9 Å². The molecule has 1 aromatic heterocycles. The summed E-state index contributed by atoms with van der Waals surface area (Å²) in [7, 11) is 0. The molecule has 1 aliphatic heterocycles. The summed E-state index contributed by atoms with van der Waals surface area (Å²) in [6, 6.07) is 10.6. The number of thioether (sulfide) groups is 1. The maximum Gasteiger partial charge on any atom is 0.338 e. The van der Waals surface area contributed by atoms with Crippen molar-refractivity contribution >= 4 is 67.0 Å². The third-order valence-electron chi connectivity index (χ3n) is 5.36. The molecule has 2 heterocycles. The Labute approximate surface area is 227 Å². The molecule has 0 saturated carbocycles.